The minimum absolute atomic E-state index is 0.0303. The van der Waals surface area contributed by atoms with E-state index >= 15 is 0 Å². The third kappa shape index (κ3) is 4.00. The lowest BCUT2D eigenvalue weighted by atomic mass is 10.0. The smallest absolute Gasteiger partial charge is 0.330 e. The van der Waals surface area contributed by atoms with E-state index in [1.807, 2.05) is 60.7 Å². The molecule has 2 heterocycles. The summed E-state index contributed by atoms with van der Waals surface area (Å²) in [7, 11) is 0. The van der Waals surface area contributed by atoms with Gasteiger partial charge in [0.25, 0.3) is 11.8 Å². The van der Waals surface area contributed by atoms with Crippen LogP contribution in [0.2, 0.25) is 0 Å². The molecule has 0 saturated carbocycles. The molecule has 0 aliphatic carbocycles. The SMILES string of the molecule is O=C(CCC(=O)N1Cc2ccccc2C=Cc2ccccc21)ON1C(=O)CCC1=O. The fourth-order valence-corrected chi connectivity index (χ4v) is 3.52. The van der Waals surface area contributed by atoms with E-state index in [4.69, 9.17) is 4.84 Å². The second kappa shape index (κ2) is 8.32. The summed E-state index contributed by atoms with van der Waals surface area (Å²) < 4.78 is 0. The van der Waals surface area contributed by atoms with Crippen LogP contribution in [0, 0.1) is 0 Å². The number of anilines is 1. The first kappa shape index (κ1) is 19.6. The van der Waals surface area contributed by atoms with Crippen LogP contribution in [0.1, 0.15) is 42.4 Å². The molecule has 2 aromatic carbocycles. The summed E-state index contributed by atoms with van der Waals surface area (Å²) in [5.41, 5.74) is 3.67. The van der Waals surface area contributed by atoms with E-state index in [1.54, 1.807) is 4.90 Å². The third-order valence-corrected chi connectivity index (χ3v) is 5.10. The van der Waals surface area contributed by atoms with Crippen LogP contribution in [-0.4, -0.2) is 28.8 Å². The van der Waals surface area contributed by atoms with E-state index in [-0.39, 0.29) is 31.6 Å². The summed E-state index contributed by atoms with van der Waals surface area (Å²) in [4.78, 5) is 54.8. The maximum atomic E-state index is 13.1. The van der Waals surface area contributed by atoms with E-state index in [2.05, 4.69) is 0 Å². The number of benzene rings is 2. The van der Waals surface area contributed by atoms with Gasteiger partial charge in [0.15, 0.2) is 0 Å². The zero-order chi connectivity index (χ0) is 21.1. The van der Waals surface area contributed by atoms with Gasteiger partial charge in [-0.3, -0.25) is 14.4 Å². The molecule has 0 unspecified atom stereocenters. The number of carbonyl (C=O) groups is 4. The molecule has 0 spiro atoms. The number of hydroxylamine groups is 2. The summed E-state index contributed by atoms with van der Waals surface area (Å²) in [5, 5.41) is 0.499. The highest BCUT2D eigenvalue weighted by Crippen LogP contribution is 2.29. The van der Waals surface area contributed by atoms with Gasteiger partial charge in [0.2, 0.25) is 5.91 Å². The first-order valence-corrected chi connectivity index (χ1v) is 9.75. The highest BCUT2D eigenvalue weighted by Gasteiger charge is 2.33. The quantitative estimate of drug-likeness (QED) is 0.731. The van der Waals surface area contributed by atoms with Crippen molar-refractivity contribution in [1.29, 1.82) is 0 Å². The number of nitrogens with zero attached hydrogens (tertiary/aromatic N) is 2. The Balaban J connectivity index is 1.50. The molecular weight excluding hydrogens is 384 g/mol. The Morgan fingerprint density at radius 3 is 2.23 bits per heavy atom. The molecule has 0 bridgehead atoms. The zero-order valence-corrected chi connectivity index (χ0v) is 16.2. The predicted molar refractivity (Wildman–Crippen MR) is 109 cm³/mol. The van der Waals surface area contributed by atoms with Gasteiger partial charge >= 0.3 is 5.97 Å². The first-order valence-electron chi connectivity index (χ1n) is 9.75. The van der Waals surface area contributed by atoms with Crippen molar-refractivity contribution in [2.45, 2.75) is 32.2 Å². The molecule has 2 aliphatic heterocycles. The van der Waals surface area contributed by atoms with Crippen molar-refractivity contribution in [2.75, 3.05) is 4.90 Å². The van der Waals surface area contributed by atoms with Crippen LogP contribution >= 0.6 is 0 Å². The topological polar surface area (TPSA) is 84.0 Å². The van der Waals surface area contributed by atoms with Gasteiger partial charge in [-0.25, -0.2) is 4.79 Å². The van der Waals surface area contributed by atoms with E-state index in [0.29, 0.717) is 11.6 Å². The molecule has 2 aliphatic rings. The number of hydrogen-bond acceptors (Lipinski definition) is 5. The van der Waals surface area contributed by atoms with Crippen molar-refractivity contribution >= 4 is 41.5 Å². The van der Waals surface area contributed by atoms with Crippen molar-refractivity contribution in [3.63, 3.8) is 0 Å². The van der Waals surface area contributed by atoms with Crippen molar-refractivity contribution in [3.8, 4) is 0 Å². The molecule has 1 fully saturated rings. The Labute approximate surface area is 173 Å². The Kier molecular flexibility index (Phi) is 5.43. The highest BCUT2D eigenvalue weighted by molar-refractivity contribution is 6.02. The Hall–Kier alpha value is -3.74. The molecule has 7 heteroatoms. The lowest BCUT2D eigenvalue weighted by Crippen LogP contribution is -2.34. The number of fused-ring (bicyclic) bond motifs is 2. The fraction of sp³-hybridized carbons (Fsp3) is 0.217. The van der Waals surface area contributed by atoms with Gasteiger partial charge < -0.3 is 9.74 Å². The monoisotopic (exact) mass is 404 g/mol. The standard InChI is InChI=1S/C23H20N2O5/c26-20(13-14-23(29)30-25-21(27)11-12-22(25)28)24-15-18-7-2-1-5-16(18)9-10-17-6-3-4-8-19(17)24/h1-10H,11-15H2. The first-order chi connectivity index (χ1) is 14.5. The second-order valence-electron chi connectivity index (χ2n) is 7.12. The minimum Gasteiger partial charge on any atom is -0.330 e. The number of amides is 3. The van der Waals surface area contributed by atoms with Crippen LogP contribution in [0.25, 0.3) is 12.2 Å². The molecule has 0 aromatic heterocycles. The number of hydrogen-bond donors (Lipinski definition) is 0. The Bertz CT molecular complexity index is 1040. The van der Waals surface area contributed by atoms with Gasteiger partial charge in [0, 0.05) is 19.3 Å². The average molecular weight is 404 g/mol. The number of rotatable bonds is 4. The van der Waals surface area contributed by atoms with E-state index in [0.717, 1.165) is 22.4 Å². The van der Waals surface area contributed by atoms with E-state index in [9.17, 15) is 19.2 Å². The van der Waals surface area contributed by atoms with Gasteiger partial charge in [-0.05, 0) is 22.8 Å². The summed E-state index contributed by atoms with van der Waals surface area (Å²) >= 11 is 0. The summed E-state index contributed by atoms with van der Waals surface area (Å²) in [5.74, 6) is -2.11. The lowest BCUT2D eigenvalue weighted by molar-refractivity contribution is -0.197. The molecule has 3 amide bonds. The van der Waals surface area contributed by atoms with Gasteiger partial charge in [-0.15, -0.1) is 5.06 Å². The second-order valence-corrected chi connectivity index (χ2v) is 7.12. The molecule has 7 nitrogen and oxygen atoms in total. The van der Waals surface area contributed by atoms with Crippen molar-refractivity contribution in [1.82, 2.24) is 5.06 Å². The van der Waals surface area contributed by atoms with Crippen LogP contribution in [0.4, 0.5) is 5.69 Å². The molecule has 30 heavy (non-hydrogen) atoms. The Morgan fingerprint density at radius 2 is 1.47 bits per heavy atom. The summed E-state index contributed by atoms with van der Waals surface area (Å²) in [6.07, 6.45) is 3.72. The van der Waals surface area contributed by atoms with E-state index in [1.165, 1.54) is 0 Å². The number of carbonyl (C=O) groups excluding carboxylic acids is 4. The molecule has 1 saturated heterocycles. The molecule has 4 rings (SSSR count). The molecular formula is C23H20N2O5. The molecule has 0 N–H and O–H groups in total. The number of imide groups is 1. The highest BCUT2D eigenvalue weighted by atomic mass is 16.7. The van der Waals surface area contributed by atoms with Crippen LogP contribution in [0.5, 0.6) is 0 Å². The van der Waals surface area contributed by atoms with Crippen LogP contribution in [-0.2, 0) is 30.6 Å². The van der Waals surface area contributed by atoms with Crippen molar-refractivity contribution in [3.05, 3.63) is 65.2 Å². The maximum Gasteiger partial charge on any atom is 0.333 e. The predicted octanol–water partition coefficient (Wildman–Crippen LogP) is 3.09. The summed E-state index contributed by atoms with van der Waals surface area (Å²) in [6.45, 7) is 0.370. The van der Waals surface area contributed by atoms with Crippen LogP contribution in [0.3, 0.4) is 0 Å². The van der Waals surface area contributed by atoms with Crippen molar-refractivity contribution < 1.29 is 24.0 Å². The van der Waals surface area contributed by atoms with Crippen molar-refractivity contribution in [2.24, 2.45) is 0 Å². The van der Waals surface area contributed by atoms with Gasteiger partial charge in [0.1, 0.15) is 0 Å². The lowest BCUT2D eigenvalue weighted by Gasteiger charge is -2.27. The van der Waals surface area contributed by atoms with E-state index < -0.39 is 17.8 Å². The van der Waals surface area contributed by atoms with Crippen LogP contribution in [0.15, 0.2) is 48.5 Å². The van der Waals surface area contributed by atoms with Crippen LogP contribution < -0.4 is 4.90 Å². The maximum absolute atomic E-state index is 13.1. The summed E-state index contributed by atoms with van der Waals surface area (Å²) in [6, 6.07) is 15.4. The fourth-order valence-electron chi connectivity index (χ4n) is 3.52. The average Bonchev–Trinajstić information content (AvgIpc) is 3.05. The molecule has 0 radical (unpaired) electrons. The molecule has 0 atom stereocenters. The largest absolute Gasteiger partial charge is 0.333 e. The number of para-hydroxylation sites is 1. The Morgan fingerprint density at radius 1 is 0.833 bits per heavy atom. The normalized spacial score (nSPS) is 15.3. The van der Waals surface area contributed by atoms with Gasteiger partial charge in [-0.1, -0.05) is 54.6 Å². The van der Waals surface area contributed by atoms with Gasteiger partial charge in [0.05, 0.1) is 18.7 Å². The molecule has 2 aromatic rings. The zero-order valence-electron chi connectivity index (χ0n) is 16.2. The van der Waals surface area contributed by atoms with Gasteiger partial charge in [-0.2, -0.15) is 0 Å². The third-order valence-electron chi connectivity index (χ3n) is 5.10. The molecule has 152 valence electrons. The minimum atomic E-state index is -0.785.